The number of nitrogens with zero attached hydrogens (tertiary/aromatic N) is 3. The van der Waals surface area contributed by atoms with Crippen LogP contribution in [0.5, 0.6) is 0 Å². The Balaban J connectivity index is 1.32. The van der Waals surface area contributed by atoms with Crippen LogP contribution in [0.25, 0.3) is 0 Å². The van der Waals surface area contributed by atoms with Crippen LogP contribution in [0.4, 0.5) is 0 Å². The summed E-state index contributed by atoms with van der Waals surface area (Å²) < 4.78 is 13.1. The molecule has 1 fully saturated rings. The Labute approximate surface area is 193 Å². The van der Waals surface area contributed by atoms with Crippen molar-refractivity contribution < 1.29 is 14.3 Å². The Morgan fingerprint density at radius 2 is 2.03 bits per heavy atom. The van der Waals surface area contributed by atoms with Crippen LogP contribution in [0.15, 0.2) is 47.6 Å². The highest BCUT2D eigenvalue weighted by Crippen LogP contribution is 2.21. The third-order valence-corrected chi connectivity index (χ3v) is 6.10. The van der Waals surface area contributed by atoms with E-state index in [2.05, 4.69) is 27.6 Å². The van der Waals surface area contributed by atoms with Crippen molar-refractivity contribution in [3.63, 3.8) is 0 Å². The first kappa shape index (κ1) is 22.6. The molecule has 2 aliphatic rings. The predicted molar refractivity (Wildman–Crippen MR) is 125 cm³/mol. The first-order valence-electron chi connectivity index (χ1n) is 10.9. The van der Waals surface area contributed by atoms with Crippen LogP contribution < -0.4 is 5.43 Å². The summed E-state index contributed by atoms with van der Waals surface area (Å²) in [5, 5.41) is 4.98. The fourth-order valence-corrected chi connectivity index (χ4v) is 4.16. The lowest BCUT2D eigenvalue weighted by molar-refractivity contribution is 0.0315. The number of hydrazone groups is 1. The second-order valence-corrected chi connectivity index (χ2v) is 8.55. The van der Waals surface area contributed by atoms with Crippen molar-refractivity contribution >= 4 is 23.3 Å². The Morgan fingerprint density at radius 3 is 2.72 bits per heavy atom. The lowest BCUT2D eigenvalue weighted by Gasteiger charge is -2.26. The molecule has 1 saturated heterocycles. The lowest BCUT2D eigenvalue weighted by Crippen LogP contribution is -2.38. The molecule has 7 nitrogen and oxygen atoms in total. The van der Waals surface area contributed by atoms with Gasteiger partial charge < -0.3 is 14.0 Å². The third kappa shape index (κ3) is 5.41. The minimum Gasteiger partial charge on any atom is -0.475 e. The molecule has 2 aromatic rings. The van der Waals surface area contributed by atoms with E-state index >= 15 is 0 Å². The summed E-state index contributed by atoms with van der Waals surface area (Å²) >= 11 is 5.96. The smallest absolute Gasteiger partial charge is 0.230 e. The topological polar surface area (TPSA) is 68.1 Å². The van der Waals surface area contributed by atoms with E-state index < -0.39 is 0 Å². The molecular weight excluding hydrogens is 428 g/mol. The summed E-state index contributed by atoms with van der Waals surface area (Å²) in [5.41, 5.74) is 6.50. The molecule has 0 radical (unpaired) electrons. The van der Waals surface area contributed by atoms with Crippen LogP contribution >= 0.6 is 11.6 Å². The number of aryl methyl sites for hydroxylation is 1. The summed E-state index contributed by atoms with van der Waals surface area (Å²) in [7, 11) is 1.93. The van der Waals surface area contributed by atoms with Gasteiger partial charge in [0, 0.05) is 49.4 Å². The number of ketones is 1. The second-order valence-electron chi connectivity index (χ2n) is 8.11. The van der Waals surface area contributed by atoms with Gasteiger partial charge in [0.05, 0.1) is 24.9 Å². The number of morpholine rings is 1. The van der Waals surface area contributed by atoms with Crippen LogP contribution in [0.1, 0.15) is 27.3 Å². The predicted octanol–water partition coefficient (Wildman–Crippen LogP) is 2.95. The molecule has 1 N–H and O–H groups in total. The number of nitrogens with one attached hydrogen (secondary N) is 1. The molecule has 3 heterocycles. The van der Waals surface area contributed by atoms with Crippen molar-refractivity contribution in [2.75, 3.05) is 39.5 Å². The summed E-state index contributed by atoms with van der Waals surface area (Å²) in [4.78, 5) is 15.3. The van der Waals surface area contributed by atoms with Gasteiger partial charge in [-0.3, -0.25) is 15.1 Å². The maximum absolute atomic E-state index is 13.0. The first-order chi connectivity index (χ1) is 15.5. The van der Waals surface area contributed by atoms with Gasteiger partial charge in [-0.15, -0.1) is 5.10 Å². The number of hydrogen-bond donors (Lipinski definition) is 1. The average Bonchev–Trinajstić information content (AvgIpc) is 3.08. The molecule has 170 valence electrons. The number of benzene rings is 1. The highest BCUT2D eigenvalue weighted by molar-refractivity contribution is 6.30. The Bertz CT molecular complexity index is 1010. The molecule has 1 aromatic carbocycles. The molecule has 32 heavy (non-hydrogen) atoms. The first-order valence-corrected chi connectivity index (χ1v) is 11.3. The summed E-state index contributed by atoms with van der Waals surface area (Å²) in [5.74, 6) is 0.588. The van der Waals surface area contributed by atoms with Crippen LogP contribution in [-0.4, -0.2) is 66.6 Å². The zero-order chi connectivity index (χ0) is 22.5. The molecule has 4 rings (SSSR count). The fourth-order valence-electron chi connectivity index (χ4n) is 4.04. The molecule has 0 amide bonds. The van der Waals surface area contributed by atoms with Crippen molar-refractivity contribution in [2.24, 2.45) is 12.1 Å². The van der Waals surface area contributed by atoms with E-state index in [4.69, 9.17) is 21.1 Å². The van der Waals surface area contributed by atoms with E-state index in [1.807, 2.05) is 24.6 Å². The Hall–Kier alpha value is -2.61. The average molecular weight is 457 g/mol. The number of carbonyl (C=O) groups excluding carboxylic acids is 1. The standard InChI is InChI=1S/C24H29ClN4O3/c1-17-15-21(28(2)23(17)24(30)18-3-5-19(25)6-4-18)16-20-7-8-22(27-26-20)32-14-11-29-9-12-31-13-10-29/h3-8,15,20,26H,9-14,16H2,1-2H3. The summed E-state index contributed by atoms with van der Waals surface area (Å²) in [6, 6.07) is 9.10. The van der Waals surface area contributed by atoms with Gasteiger partial charge in [0.25, 0.3) is 0 Å². The van der Waals surface area contributed by atoms with Crippen molar-refractivity contribution in [1.29, 1.82) is 0 Å². The highest BCUT2D eigenvalue weighted by Gasteiger charge is 2.21. The van der Waals surface area contributed by atoms with Crippen LogP contribution in [-0.2, 0) is 22.9 Å². The minimum absolute atomic E-state index is 0.00552. The van der Waals surface area contributed by atoms with E-state index in [9.17, 15) is 4.79 Å². The molecular formula is C24H29ClN4O3. The number of halogens is 1. The van der Waals surface area contributed by atoms with Gasteiger partial charge in [0.15, 0.2) is 0 Å². The maximum Gasteiger partial charge on any atom is 0.230 e. The molecule has 0 spiro atoms. The van der Waals surface area contributed by atoms with Gasteiger partial charge in [0.2, 0.25) is 11.7 Å². The maximum atomic E-state index is 13.0. The van der Waals surface area contributed by atoms with Crippen molar-refractivity contribution in [3.8, 4) is 0 Å². The minimum atomic E-state index is -0.00552. The van der Waals surface area contributed by atoms with Crippen LogP contribution in [0, 0.1) is 6.92 Å². The van der Waals surface area contributed by atoms with E-state index in [1.165, 1.54) is 0 Å². The largest absolute Gasteiger partial charge is 0.475 e. The molecule has 1 atom stereocenters. The molecule has 0 saturated carbocycles. The number of carbonyl (C=O) groups is 1. The number of rotatable bonds is 7. The molecule has 0 bridgehead atoms. The van der Waals surface area contributed by atoms with E-state index in [0.717, 1.165) is 44.1 Å². The number of ether oxygens (including phenoxy) is 2. The highest BCUT2D eigenvalue weighted by atomic mass is 35.5. The second kappa shape index (κ2) is 10.3. The van der Waals surface area contributed by atoms with Gasteiger partial charge >= 0.3 is 0 Å². The third-order valence-electron chi connectivity index (χ3n) is 5.85. The molecule has 1 aromatic heterocycles. The molecule has 8 heteroatoms. The normalized spacial score (nSPS) is 18.8. The zero-order valence-corrected chi connectivity index (χ0v) is 19.3. The van der Waals surface area contributed by atoms with Gasteiger partial charge in [-0.2, -0.15) is 0 Å². The summed E-state index contributed by atoms with van der Waals surface area (Å²) in [6.07, 6.45) is 4.68. The van der Waals surface area contributed by atoms with Gasteiger partial charge in [-0.25, -0.2) is 0 Å². The quantitative estimate of drug-likeness (QED) is 0.649. The Morgan fingerprint density at radius 1 is 1.28 bits per heavy atom. The van der Waals surface area contributed by atoms with Gasteiger partial charge in [-0.1, -0.05) is 17.7 Å². The van der Waals surface area contributed by atoms with Crippen molar-refractivity contribution in [3.05, 3.63) is 70.0 Å². The molecule has 2 aliphatic heterocycles. The van der Waals surface area contributed by atoms with E-state index in [0.29, 0.717) is 35.2 Å². The Kier molecular flexibility index (Phi) is 7.29. The van der Waals surface area contributed by atoms with E-state index in [1.54, 1.807) is 24.3 Å². The van der Waals surface area contributed by atoms with Crippen LogP contribution in [0.2, 0.25) is 5.02 Å². The number of hydrogen-bond acceptors (Lipinski definition) is 6. The molecule has 0 aliphatic carbocycles. The van der Waals surface area contributed by atoms with Crippen LogP contribution in [0.3, 0.4) is 0 Å². The van der Waals surface area contributed by atoms with Crippen molar-refractivity contribution in [2.45, 2.75) is 19.4 Å². The fraction of sp³-hybridized carbons (Fsp3) is 0.417. The zero-order valence-electron chi connectivity index (χ0n) is 18.5. The summed E-state index contributed by atoms with van der Waals surface area (Å²) in [6.45, 7) is 6.91. The number of aromatic nitrogens is 1. The van der Waals surface area contributed by atoms with E-state index in [-0.39, 0.29) is 11.8 Å². The SMILES string of the molecule is Cc1cc(CC2C=CC(OCCN3CCOCC3)=NN2)n(C)c1C(=O)c1ccc(Cl)cc1. The molecule has 1 unspecified atom stereocenters. The lowest BCUT2D eigenvalue weighted by atomic mass is 10.1. The van der Waals surface area contributed by atoms with Crippen molar-refractivity contribution in [1.82, 2.24) is 14.9 Å². The van der Waals surface area contributed by atoms with Gasteiger partial charge in [0.1, 0.15) is 6.61 Å². The monoisotopic (exact) mass is 456 g/mol. The van der Waals surface area contributed by atoms with Gasteiger partial charge in [-0.05, 0) is 48.9 Å².